The number of hydrogen-bond acceptors (Lipinski definition) is 5. The van der Waals surface area contributed by atoms with Gasteiger partial charge in [0.15, 0.2) is 11.7 Å². The van der Waals surface area contributed by atoms with Gasteiger partial charge in [-0.3, -0.25) is 15.0 Å². The number of aryl methyl sites for hydroxylation is 1. The standard InChI is InChI=1S/C20H27N3O2S/c1-5-23-9-8-16-18(11-23)26-20(21-16)22-19(24)12-25-17-10-15(13(2)3)7-6-14(17)4/h6-7,10,13H,5,8-9,11-12H2,1-4H3,(H,21,22,24). The van der Waals surface area contributed by atoms with Crippen LogP contribution in [0.4, 0.5) is 5.13 Å². The number of aromatic nitrogens is 1. The Balaban J connectivity index is 1.58. The van der Waals surface area contributed by atoms with Gasteiger partial charge in [0.05, 0.1) is 5.69 Å². The van der Waals surface area contributed by atoms with Gasteiger partial charge in [-0.1, -0.05) is 32.9 Å². The lowest BCUT2D eigenvalue weighted by atomic mass is 10.0. The van der Waals surface area contributed by atoms with Crippen molar-refractivity contribution >= 4 is 22.4 Å². The molecule has 5 nitrogen and oxygen atoms in total. The fourth-order valence-electron chi connectivity index (χ4n) is 3.00. The minimum atomic E-state index is -0.169. The van der Waals surface area contributed by atoms with Crippen molar-refractivity contribution < 1.29 is 9.53 Å². The Bertz CT molecular complexity index is 785. The molecule has 0 aliphatic carbocycles. The average molecular weight is 374 g/mol. The number of likely N-dealkylation sites (N-methyl/N-ethyl adjacent to an activating group) is 1. The number of carbonyl (C=O) groups is 1. The van der Waals surface area contributed by atoms with Crippen molar-refractivity contribution in [3.8, 4) is 5.75 Å². The van der Waals surface area contributed by atoms with Crippen LogP contribution in [0, 0.1) is 6.92 Å². The molecule has 2 aromatic rings. The van der Waals surface area contributed by atoms with Gasteiger partial charge in [0, 0.05) is 24.4 Å². The molecule has 1 aliphatic heterocycles. The molecule has 1 aliphatic rings. The summed E-state index contributed by atoms with van der Waals surface area (Å²) in [6.45, 7) is 11.5. The zero-order valence-electron chi connectivity index (χ0n) is 16.0. The molecular formula is C20H27N3O2S. The molecule has 3 rings (SSSR count). The van der Waals surface area contributed by atoms with Gasteiger partial charge in [0.25, 0.3) is 5.91 Å². The monoisotopic (exact) mass is 373 g/mol. The van der Waals surface area contributed by atoms with Gasteiger partial charge >= 0.3 is 0 Å². The summed E-state index contributed by atoms with van der Waals surface area (Å²) in [5, 5.41) is 3.56. The third-order valence-corrected chi connectivity index (χ3v) is 5.74. The van der Waals surface area contributed by atoms with Gasteiger partial charge in [-0.15, -0.1) is 11.3 Å². The molecule has 140 valence electrons. The van der Waals surface area contributed by atoms with Crippen LogP contribution in [0.3, 0.4) is 0 Å². The topological polar surface area (TPSA) is 54.5 Å². The fraction of sp³-hybridized carbons (Fsp3) is 0.500. The van der Waals surface area contributed by atoms with E-state index in [-0.39, 0.29) is 12.5 Å². The Morgan fingerprint density at radius 3 is 2.96 bits per heavy atom. The Labute approximate surface area is 159 Å². The minimum Gasteiger partial charge on any atom is -0.483 e. The molecule has 0 saturated carbocycles. The molecule has 0 spiro atoms. The fourth-order valence-corrected chi connectivity index (χ4v) is 4.07. The normalized spacial score (nSPS) is 14.3. The lowest BCUT2D eigenvalue weighted by Crippen LogP contribution is -2.29. The summed E-state index contributed by atoms with van der Waals surface area (Å²) >= 11 is 1.57. The molecule has 6 heteroatoms. The summed E-state index contributed by atoms with van der Waals surface area (Å²) in [6.07, 6.45) is 0.952. The molecule has 1 N–H and O–H groups in total. The zero-order valence-corrected chi connectivity index (χ0v) is 16.8. The average Bonchev–Trinajstić information content (AvgIpc) is 3.01. The van der Waals surface area contributed by atoms with E-state index in [0.717, 1.165) is 43.1 Å². The van der Waals surface area contributed by atoms with Crippen LogP contribution in [-0.2, 0) is 17.8 Å². The SMILES string of the molecule is CCN1CCc2nc(NC(=O)COc3cc(C(C)C)ccc3C)sc2C1. The number of rotatable bonds is 6. The van der Waals surface area contributed by atoms with Crippen molar-refractivity contribution in [2.24, 2.45) is 0 Å². The number of carbonyl (C=O) groups excluding carboxylic acids is 1. The van der Waals surface area contributed by atoms with Gasteiger partial charge in [-0.25, -0.2) is 4.98 Å². The molecule has 1 aromatic carbocycles. The van der Waals surface area contributed by atoms with Gasteiger partial charge in [0.2, 0.25) is 0 Å². The Morgan fingerprint density at radius 1 is 1.42 bits per heavy atom. The molecule has 0 unspecified atom stereocenters. The highest BCUT2D eigenvalue weighted by Gasteiger charge is 2.20. The van der Waals surface area contributed by atoms with Gasteiger partial charge < -0.3 is 4.74 Å². The van der Waals surface area contributed by atoms with Crippen LogP contribution in [0.5, 0.6) is 5.75 Å². The first-order valence-corrected chi connectivity index (χ1v) is 10.0. The maximum Gasteiger partial charge on any atom is 0.264 e. The number of nitrogens with zero attached hydrogens (tertiary/aromatic N) is 2. The lowest BCUT2D eigenvalue weighted by Gasteiger charge is -2.23. The molecule has 0 fully saturated rings. The second-order valence-corrected chi connectivity index (χ2v) is 8.11. The van der Waals surface area contributed by atoms with Crippen LogP contribution >= 0.6 is 11.3 Å². The van der Waals surface area contributed by atoms with Crippen molar-refractivity contribution in [3.05, 3.63) is 39.9 Å². The number of ether oxygens (including phenoxy) is 1. The maximum absolute atomic E-state index is 12.3. The maximum atomic E-state index is 12.3. The molecule has 0 saturated heterocycles. The summed E-state index contributed by atoms with van der Waals surface area (Å²) in [6, 6.07) is 6.16. The highest BCUT2D eigenvalue weighted by Crippen LogP contribution is 2.28. The van der Waals surface area contributed by atoms with Crippen LogP contribution in [0.25, 0.3) is 0 Å². The van der Waals surface area contributed by atoms with E-state index in [9.17, 15) is 4.79 Å². The first-order valence-electron chi connectivity index (χ1n) is 9.20. The Morgan fingerprint density at radius 2 is 2.23 bits per heavy atom. The van der Waals surface area contributed by atoms with E-state index < -0.39 is 0 Å². The van der Waals surface area contributed by atoms with Crippen LogP contribution in [0.1, 0.15) is 48.4 Å². The molecule has 0 bridgehead atoms. The first-order chi connectivity index (χ1) is 12.5. The summed E-state index contributed by atoms with van der Waals surface area (Å²) in [5.74, 6) is 1.03. The summed E-state index contributed by atoms with van der Waals surface area (Å²) < 4.78 is 5.75. The van der Waals surface area contributed by atoms with Crippen molar-refractivity contribution in [3.63, 3.8) is 0 Å². The molecule has 1 amide bonds. The van der Waals surface area contributed by atoms with E-state index in [1.165, 1.54) is 10.4 Å². The summed E-state index contributed by atoms with van der Waals surface area (Å²) in [7, 11) is 0. The number of amides is 1. The zero-order chi connectivity index (χ0) is 18.7. The summed E-state index contributed by atoms with van der Waals surface area (Å²) in [4.78, 5) is 20.5. The van der Waals surface area contributed by atoms with E-state index in [1.54, 1.807) is 11.3 Å². The number of anilines is 1. The molecule has 1 aromatic heterocycles. The highest BCUT2D eigenvalue weighted by molar-refractivity contribution is 7.15. The number of fused-ring (bicyclic) bond motifs is 1. The second-order valence-electron chi connectivity index (χ2n) is 7.02. The molecule has 2 heterocycles. The lowest BCUT2D eigenvalue weighted by molar-refractivity contribution is -0.118. The number of hydrogen-bond donors (Lipinski definition) is 1. The predicted molar refractivity (Wildman–Crippen MR) is 106 cm³/mol. The quantitative estimate of drug-likeness (QED) is 0.832. The Hall–Kier alpha value is -1.92. The van der Waals surface area contributed by atoms with Crippen molar-refractivity contribution in [1.29, 1.82) is 0 Å². The smallest absolute Gasteiger partial charge is 0.264 e. The molecular weight excluding hydrogens is 346 g/mol. The molecule has 0 atom stereocenters. The van der Waals surface area contributed by atoms with Gasteiger partial charge in [-0.2, -0.15) is 0 Å². The van der Waals surface area contributed by atoms with E-state index in [2.05, 4.69) is 42.0 Å². The van der Waals surface area contributed by atoms with Crippen LogP contribution in [0.2, 0.25) is 0 Å². The second kappa shape index (κ2) is 8.18. The molecule has 0 radical (unpaired) electrons. The minimum absolute atomic E-state index is 0.00623. The predicted octanol–water partition coefficient (Wildman–Crippen LogP) is 3.97. The van der Waals surface area contributed by atoms with Crippen LogP contribution < -0.4 is 10.1 Å². The third-order valence-electron chi connectivity index (χ3n) is 4.74. The highest BCUT2D eigenvalue weighted by atomic mass is 32.1. The van der Waals surface area contributed by atoms with Crippen molar-refractivity contribution in [1.82, 2.24) is 9.88 Å². The third kappa shape index (κ3) is 4.43. The van der Waals surface area contributed by atoms with Crippen LogP contribution in [-0.4, -0.2) is 35.5 Å². The van der Waals surface area contributed by atoms with Crippen molar-refractivity contribution in [2.75, 3.05) is 25.0 Å². The van der Waals surface area contributed by atoms with Crippen molar-refractivity contribution in [2.45, 2.75) is 46.6 Å². The van der Waals surface area contributed by atoms with Crippen LogP contribution in [0.15, 0.2) is 18.2 Å². The van der Waals surface area contributed by atoms with E-state index in [0.29, 0.717) is 11.0 Å². The largest absolute Gasteiger partial charge is 0.483 e. The van der Waals surface area contributed by atoms with Gasteiger partial charge in [-0.05, 0) is 36.6 Å². The number of nitrogens with one attached hydrogen (secondary N) is 1. The number of benzene rings is 1. The van der Waals surface area contributed by atoms with E-state index in [4.69, 9.17) is 4.74 Å². The van der Waals surface area contributed by atoms with Gasteiger partial charge in [0.1, 0.15) is 5.75 Å². The first kappa shape index (κ1) is 18.9. The van der Waals surface area contributed by atoms with E-state index in [1.807, 2.05) is 19.1 Å². The number of thiazole rings is 1. The summed E-state index contributed by atoms with van der Waals surface area (Å²) in [5.41, 5.74) is 3.36. The molecule has 26 heavy (non-hydrogen) atoms. The van der Waals surface area contributed by atoms with E-state index >= 15 is 0 Å². The Kier molecular flexibility index (Phi) is 5.94.